The van der Waals surface area contributed by atoms with Gasteiger partial charge in [0.1, 0.15) is 0 Å². The second-order valence-corrected chi connectivity index (χ2v) is 5.87. The van der Waals surface area contributed by atoms with Gasteiger partial charge < -0.3 is 10.8 Å². The van der Waals surface area contributed by atoms with Crippen molar-refractivity contribution in [2.45, 2.75) is 31.7 Å². The van der Waals surface area contributed by atoms with Gasteiger partial charge in [0, 0.05) is 18.1 Å². The smallest absolute Gasteiger partial charge is 0.0437 e. The highest BCUT2D eigenvalue weighted by Crippen LogP contribution is 2.31. The maximum absolute atomic E-state index is 9.24. The van der Waals surface area contributed by atoms with Gasteiger partial charge in [-0.2, -0.15) is 0 Å². The van der Waals surface area contributed by atoms with Crippen molar-refractivity contribution in [1.82, 2.24) is 0 Å². The van der Waals surface area contributed by atoms with Crippen LogP contribution in [0.5, 0.6) is 0 Å². The fraction of sp³-hybridized carbons (Fsp3) is 0.333. The number of hydrogen-bond donors (Lipinski definition) is 2. The number of nitrogens with two attached hydrogens (primary N) is 1. The van der Waals surface area contributed by atoms with E-state index in [4.69, 9.17) is 5.73 Å². The van der Waals surface area contributed by atoms with Crippen LogP contribution in [-0.2, 0) is 0 Å². The first-order valence-corrected chi connectivity index (χ1v) is 7.07. The first-order chi connectivity index (χ1) is 9.52. The molecule has 20 heavy (non-hydrogen) atoms. The molecule has 0 bridgehead atoms. The van der Waals surface area contributed by atoms with Crippen molar-refractivity contribution in [3.63, 3.8) is 0 Å². The molecule has 0 aliphatic heterocycles. The van der Waals surface area contributed by atoms with Gasteiger partial charge >= 0.3 is 0 Å². The first kappa shape index (κ1) is 14.8. The van der Waals surface area contributed by atoms with E-state index in [0.717, 1.165) is 0 Å². The van der Waals surface area contributed by atoms with Gasteiger partial charge in [0.2, 0.25) is 0 Å². The number of hydrogen-bond acceptors (Lipinski definition) is 2. The van der Waals surface area contributed by atoms with Gasteiger partial charge in [0.15, 0.2) is 0 Å². The van der Waals surface area contributed by atoms with Crippen LogP contribution >= 0.6 is 0 Å². The number of benzene rings is 2. The maximum atomic E-state index is 9.24. The van der Waals surface area contributed by atoms with Crippen LogP contribution in [0.25, 0.3) is 11.1 Å². The summed E-state index contributed by atoms with van der Waals surface area (Å²) in [5, 5.41) is 9.24. The van der Waals surface area contributed by atoms with Crippen LogP contribution in [0.15, 0.2) is 54.6 Å². The monoisotopic (exact) mass is 269 g/mol. The molecule has 0 spiro atoms. The van der Waals surface area contributed by atoms with Gasteiger partial charge in [-0.1, -0.05) is 54.6 Å². The maximum Gasteiger partial charge on any atom is 0.0437 e. The minimum atomic E-state index is -0.336. The minimum absolute atomic E-state index is 0.158. The lowest BCUT2D eigenvalue weighted by atomic mass is 9.80. The highest BCUT2D eigenvalue weighted by molar-refractivity contribution is 5.63. The van der Waals surface area contributed by atoms with Gasteiger partial charge in [0.05, 0.1) is 0 Å². The molecule has 1 unspecified atom stereocenters. The summed E-state index contributed by atoms with van der Waals surface area (Å²) in [6.07, 6.45) is 0.689. The quantitative estimate of drug-likeness (QED) is 0.872. The van der Waals surface area contributed by atoms with Crippen molar-refractivity contribution in [3.05, 3.63) is 60.2 Å². The van der Waals surface area contributed by atoms with Crippen LogP contribution in [0, 0.1) is 0 Å². The second-order valence-electron chi connectivity index (χ2n) is 5.87. The van der Waals surface area contributed by atoms with Crippen molar-refractivity contribution in [1.29, 1.82) is 0 Å². The van der Waals surface area contributed by atoms with E-state index in [9.17, 15) is 5.11 Å². The molecule has 2 aromatic rings. The van der Waals surface area contributed by atoms with Crippen molar-refractivity contribution < 1.29 is 5.11 Å². The van der Waals surface area contributed by atoms with Crippen LogP contribution < -0.4 is 5.73 Å². The fourth-order valence-electron chi connectivity index (χ4n) is 2.64. The fourth-order valence-corrected chi connectivity index (χ4v) is 2.64. The Bertz CT molecular complexity index is 526. The summed E-state index contributed by atoms with van der Waals surface area (Å²) in [5.41, 5.74) is 9.50. The zero-order valence-corrected chi connectivity index (χ0v) is 12.2. The standard InChI is InChI=1S/C18H23NO/c1-18(2,19)17(12-13-20)16-10-8-15(9-11-16)14-6-4-3-5-7-14/h3-11,17,20H,12-13,19H2,1-2H3. The van der Waals surface area contributed by atoms with E-state index in [1.807, 2.05) is 32.0 Å². The SMILES string of the molecule is CC(C)(N)C(CCO)c1ccc(-c2ccccc2)cc1. The highest BCUT2D eigenvalue weighted by atomic mass is 16.3. The second kappa shape index (κ2) is 6.21. The summed E-state index contributed by atoms with van der Waals surface area (Å²) < 4.78 is 0. The third-order valence-corrected chi connectivity index (χ3v) is 3.74. The Morgan fingerprint density at radius 1 is 0.950 bits per heavy atom. The van der Waals surface area contributed by atoms with Crippen LogP contribution in [0.2, 0.25) is 0 Å². The Kier molecular flexibility index (Phi) is 4.58. The number of aliphatic hydroxyl groups excluding tert-OH is 1. The summed E-state index contributed by atoms with van der Waals surface area (Å²) in [5.74, 6) is 0.164. The lowest BCUT2D eigenvalue weighted by molar-refractivity contribution is 0.250. The number of aliphatic hydroxyl groups is 1. The lowest BCUT2D eigenvalue weighted by Gasteiger charge is -2.30. The molecule has 106 valence electrons. The predicted octanol–water partition coefficient (Wildman–Crippen LogP) is 3.56. The molecule has 0 aromatic heterocycles. The van der Waals surface area contributed by atoms with Crippen LogP contribution in [0.4, 0.5) is 0 Å². The summed E-state index contributed by atoms with van der Waals surface area (Å²) in [6.45, 7) is 4.18. The van der Waals surface area contributed by atoms with Crippen LogP contribution in [-0.4, -0.2) is 17.3 Å². The summed E-state index contributed by atoms with van der Waals surface area (Å²) in [7, 11) is 0. The molecule has 0 aliphatic rings. The van der Waals surface area contributed by atoms with Crippen molar-refractivity contribution in [3.8, 4) is 11.1 Å². The Labute approximate surface area is 121 Å². The van der Waals surface area contributed by atoms with E-state index in [2.05, 4.69) is 36.4 Å². The van der Waals surface area contributed by atoms with Gasteiger partial charge in [0.25, 0.3) is 0 Å². The Hall–Kier alpha value is -1.64. The molecular weight excluding hydrogens is 246 g/mol. The average molecular weight is 269 g/mol. The Balaban J connectivity index is 2.27. The minimum Gasteiger partial charge on any atom is -0.396 e. The topological polar surface area (TPSA) is 46.2 Å². The molecule has 0 saturated carbocycles. The summed E-state index contributed by atoms with van der Waals surface area (Å²) >= 11 is 0. The van der Waals surface area contributed by atoms with E-state index < -0.39 is 0 Å². The van der Waals surface area contributed by atoms with Gasteiger partial charge in [-0.3, -0.25) is 0 Å². The van der Waals surface area contributed by atoms with Crippen molar-refractivity contribution in [2.75, 3.05) is 6.61 Å². The van der Waals surface area contributed by atoms with Gasteiger partial charge in [-0.15, -0.1) is 0 Å². The third-order valence-electron chi connectivity index (χ3n) is 3.74. The zero-order chi connectivity index (χ0) is 14.6. The molecule has 0 saturated heterocycles. The zero-order valence-electron chi connectivity index (χ0n) is 12.2. The molecule has 0 heterocycles. The highest BCUT2D eigenvalue weighted by Gasteiger charge is 2.26. The van der Waals surface area contributed by atoms with Crippen molar-refractivity contribution >= 4 is 0 Å². The molecule has 0 aliphatic carbocycles. The van der Waals surface area contributed by atoms with E-state index in [1.54, 1.807) is 0 Å². The van der Waals surface area contributed by atoms with Gasteiger partial charge in [-0.25, -0.2) is 0 Å². The molecular formula is C18H23NO. The molecule has 2 nitrogen and oxygen atoms in total. The van der Waals surface area contributed by atoms with E-state index in [0.29, 0.717) is 6.42 Å². The van der Waals surface area contributed by atoms with Gasteiger partial charge in [-0.05, 0) is 37.0 Å². The van der Waals surface area contributed by atoms with E-state index in [1.165, 1.54) is 16.7 Å². The van der Waals surface area contributed by atoms with E-state index in [-0.39, 0.29) is 18.1 Å². The predicted molar refractivity (Wildman–Crippen MR) is 84.6 cm³/mol. The van der Waals surface area contributed by atoms with E-state index >= 15 is 0 Å². The normalized spacial score (nSPS) is 13.2. The number of rotatable bonds is 5. The average Bonchev–Trinajstić information content (AvgIpc) is 2.45. The summed E-state index contributed by atoms with van der Waals surface area (Å²) in [4.78, 5) is 0. The molecule has 3 N–H and O–H groups in total. The molecule has 2 heteroatoms. The summed E-state index contributed by atoms with van der Waals surface area (Å²) in [6, 6.07) is 18.8. The van der Waals surface area contributed by atoms with Crippen LogP contribution in [0.1, 0.15) is 31.7 Å². The molecule has 0 radical (unpaired) electrons. The third kappa shape index (κ3) is 3.47. The molecule has 1 atom stereocenters. The Morgan fingerprint density at radius 2 is 1.50 bits per heavy atom. The van der Waals surface area contributed by atoms with Crippen molar-refractivity contribution in [2.24, 2.45) is 5.73 Å². The van der Waals surface area contributed by atoms with Crippen LogP contribution in [0.3, 0.4) is 0 Å². The molecule has 0 amide bonds. The molecule has 2 aromatic carbocycles. The lowest BCUT2D eigenvalue weighted by Crippen LogP contribution is -2.39. The largest absolute Gasteiger partial charge is 0.396 e. The first-order valence-electron chi connectivity index (χ1n) is 7.07. The molecule has 0 fully saturated rings. The molecule has 2 rings (SSSR count). The Morgan fingerprint density at radius 3 is 2.00 bits per heavy atom.